The number of hydrogen-bond donors (Lipinski definition) is 4. The highest BCUT2D eigenvalue weighted by molar-refractivity contribution is 5.97. The molecule has 1 aromatic heterocycles. The number of halogens is 1. The minimum Gasteiger partial charge on any atom is -0.465 e. The van der Waals surface area contributed by atoms with Crippen molar-refractivity contribution in [3.63, 3.8) is 0 Å². The van der Waals surface area contributed by atoms with Crippen molar-refractivity contribution in [1.29, 1.82) is 0 Å². The molecule has 3 aromatic rings. The third-order valence-electron chi connectivity index (χ3n) is 3.88. The van der Waals surface area contributed by atoms with Crippen LogP contribution in [0.15, 0.2) is 54.9 Å². The molecule has 0 bridgehead atoms. The Morgan fingerprint density at radius 1 is 1.00 bits per heavy atom. The Hall–Kier alpha value is -4.21. The summed E-state index contributed by atoms with van der Waals surface area (Å²) < 4.78 is 18.4. The number of esters is 1. The third kappa shape index (κ3) is 4.38. The Morgan fingerprint density at radius 3 is 2.38 bits per heavy atom. The van der Waals surface area contributed by atoms with Gasteiger partial charge in [-0.15, -0.1) is 0 Å². The van der Waals surface area contributed by atoms with Gasteiger partial charge in [-0.2, -0.15) is 0 Å². The summed E-state index contributed by atoms with van der Waals surface area (Å²) >= 11 is 0. The molecule has 0 aliphatic carbocycles. The summed E-state index contributed by atoms with van der Waals surface area (Å²) in [5, 5.41) is 2.94. The first-order valence-corrected chi connectivity index (χ1v) is 8.37. The number of amides is 1. The van der Waals surface area contributed by atoms with Crippen LogP contribution in [0.25, 0.3) is 0 Å². The first-order valence-electron chi connectivity index (χ1n) is 8.37. The predicted molar refractivity (Wildman–Crippen MR) is 105 cm³/mol. The average Bonchev–Trinajstić information content (AvgIpc) is 2.74. The molecule has 0 radical (unpaired) electrons. The summed E-state index contributed by atoms with van der Waals surface area (Å²) in [6.45, 7) is 0. The summed E-state index contributed by atoms with van der Waals surface area (Å²) in [5.41, 5.74) is 11.6. The van der Waals surface area contributed by atoms with Gasteiger partial charge in [0, 0.05) is 0 Å². The van der Waals surface area contributed by atoms with Gasteiger partial charge in [0.2, 0.25) is 0 Å². The molecule has 1 heterocycles. The molecule has 9 nitrogen and oxygen atoms in total. The van der Waals surface area contributed by atoms with Gasteiger partial charge in [-0.05, 0) is 24.3 Å². The lowest BCUT2D eigenvalue weighted by Gasteiger charge is -2.14. The van der Waals surface area contributed by atoms with Gasteiger partial charge in [0.05, 0.1) is 23.9 Å². The minimum absolute atomic E-state index is 0.0704. The van der Waals surface area contributed by atoms with Crippen LogP contribution in [0.4, 0.5) is 27.4 Å². The highest BCUT2D eigenvalue weighted by Crippen LogP contribution is 2.27. The zero-order chi connectivity index (χ0) is 20.8. The maximum Gasteiger partial charge on any atom is 0.339 e. The third-order valence-corrected chi connectivity index (χ3v) is 3.88. The van der Waals surface area contributed by atoms with E-state index in [2.05, 4.69) is 26.1 Å². The lowest BCUT2D eigenvalue weighted by Crippen LogP contribution is -2.31. The number of anilines is 4. The lowest BCUT2D eigenvalue weighted by molar-refractivity contribution is 0.0601. The van der Waals surface area contributed by atoms with Crippen LogP contribution < -0.4 is 21.9 Å². The molecule has 0 saturated heterocycles. The molecule has 0 atom stereocenters. The molecule has 29 heavy (non-hydrogen) atoms. The van der Waals surface area contributed by atoms with E-state index >= 15 is 0 Å². The highest BCUT2D eigenvalue weighted by Gasteiger charge is 2.15. The number of rotatable bonds is 6. The van der Waals surface area contributed by atoms with E-state index in [-0.39, 0.29) is 28.5 Å². The molecule has 0 fully saturated rings. The first-order chi connectivity index (χ1) is 14.0. The molecular weight excluding hydrogens is 379 g/mol. The molecular formula is C19H17FN6O3. The number of methoxy groups -OCH3 is 1. The van der Waals surface area contributed by atoms with E-state index in [0.717, 1.165) is 0 Å². The van der Waals surface area contributed by atoms with Crippen molar-refractivity contribution in [2.75, 3.05) is 23.6 Å². The van der Waals surface area contributed by atoms with Crippen LogP contribution in [0.2, 0.25) is 0 Å². The van der Waals surface area contributed by atoms with Crippen LogP contribution in [0, 0.1) is 5.82 Å². The zero-order valence-electron chi connectivity index (χ0n) is 15.3. The van der Waals surface area contributed by atoms with Crippen molar-refractivity contribution >= 4 is 34.9 Å². The summed E-state index contributed by atoms with van der Waals surface area (Å²) in [6, 6.07) is 12.2. The predicted octanol–water partition coefficient (Wildman–Crippen LogP) is 2.48. The van der Waals surface area contributed by atoms with E-state index in [4.69, 9.17) is 10.5 Å². The molecule has 1 amide bonds. The molecule has 0 saturated carbocycles. The van der Waals surface area contributed by atoms with E-state index in [1.807, 2.05) is 0 Å². The topological polar surface area (TPSA) is 131 Å². The van der Waals surface area contributed by atoms with Crippen molar-refractivity contribution in [2.45, 2.75) is 0 Å². The smallest absolute Gasteiger partial charge is 0.339 e. The minimum atomic E-state index is -0.702. The number of nitrogens with one attached hydrogen (secondary N) is 3. The number of hydrazine groups is 1. The normalized spacial score (nSPS) is 10.1. The van der Waals surface area contributed by atoms with Crippen molar-refractivity contribution < 1.29 is 18.7 Å². The molecule has 0 spiro atoms. The number of para-hydroxylation sites is 1. The van der Waals surface area contributed by atoms with E-state index in [0.29, 0.717) is 5.69 Å². The summed E-state index contributed by atoms with van der Waals surface area (Å²) in [7, 11) is 1.28. The second-order valence-electron chi connectivity index (χ2n) is 5.71. The fourth-order valence-corrected chi connectivity index (χ4v) is 2.43. The van der Waals surface area contributed by atoms with Gasteiger partial charge < -0.3 is 15.8 Å². The number of benzene rings is 2. The van der Waals surface area contributed by atoms with Crippen molar-refractivity contribution in [2.24, 2.45) is 0 Å². The number of nitrogens with zero attached hydrogens (tertiary/aromatic N) is 2. The number of nitrogen functional groups attached to an aromatic ring is 1. The number of carbonyl (C=O) groups excluding carboxylic acids is 2. The SMILES string of the molecule is COC(=O)c1ccccc1Nc1ncnc(NNC(=O)c2ccccc2F)c1N. The van der Waals surface area contributed by atoms with Crippen LogP contribution in [0.1, 0.15) is 20.7 Å². The Kier molecular flexibility index (Phi) is 5.83. The van der Waals surface area contributed by atoms with Crippen molar-refractivity contribution in [1.82, 2.24) is 15.4 Å². The monoisotopic (exact) mass is 396 g/mol. The van der Waals surface area contributed by atoms with Crippen LogP contribution in [-0.4, -0.2) is 29.0 Å². The van der Waals surface area contributed by atoms with Gasteiger partial charge >= 0.3 is 5.97 Å². The number of hydrogen-bond acceptors (Lipinski definition) is 8. The fraction of sp³-hybridized carbons (Fsp3) is 0.0526. The van der Waals surface area contributed by atoms with E-state index < -0.39 is 17.7 Å². The van der Waals surface area contributed by atoms with E-state index in [1.165, 1.54) is 37.7 Å². The number of carbonyl (C=O) groups is 2. The molecule has 0 unspecified atom stereocenters. The Morgan fingerprint density at radius 2 is 1.66 bits per heavy atom. The first kappa shape index (κ1) is 19.5. The summed E-state index contributed by atoms with van der Waals surface area (Å²) in [4.78, 5) is 32.0. The van der Waals surface area contributed by atoms with E-state index in [1.54, 1.807) is 24.3 Å². The number of ether oxygens (including phenoxy) is 1. The van der Waals surface area contributed by atoms with Gasteiger partial charge in [0.1, 0.15) is 17.8 Å². The maximum atomic E-state index is 13.7. The average molecular weight is 396 g/mol. The van der Waals surface area contributed by atoms with Crippen LogP contribution in [-0.2, 0) is 4.74 Å². The second-order valence-corrected chi connectivity index (χ2v) is 5.71. The largest absolute Gasteiger partial charge is 0.465 e. The quantitative estimate of drug-likeness (QED) is 0.369. The van der Waals surface area contributed by atoms with Crippen LogP contribution >= 0.6 is 0 Å². The number of nitrogens with two attached hydrogens (primary N) is 1. The lowest BCUT2D eigenvalue weighted by atomic mass is 10.2. The van der Waals surface area contributed by atoms with Crippen LogP contribution in [0.3, 0.4) is 0 Å². The molecule has 5 N–H and O–H groups in total. The van der Waals surface area contributed by atoms with Gasteiger partial charge in [0.25, 0.3) is 5.91 Å². The van der Waals surface area contributed by atoms with Crippen LogP contribution in [0.5, 0.6) is 0 Å². The standard InChI is InChI=1S/C19H17FN6O3/c1-29-19(28)12-7-3-5-9-14(12)24-16-15(21)17(23-10-22-16)25-26-18(27)11-6-2-4-8-13(11)20/h2-10H,21H2,1H3,(H,26,27)(H2,22,23,24,25). The zero-order valence-corrected chi connectivity index (χ0v) is 15.3. The maximum absolute atomic E-state index is 13.7. The summed E-state index contributed by atoms with van der Waals surface area (Å²) in [5.74, 6) is -1.62. The summed E-state index contributed by atoms with van der Waals surface area (Å²) in [6.07, 6.45) is 1.21. The molecule has 0 aliphatic heterocycles. The molecule has 10 heteroatoms. The van der Waals surface area contributed by atoms with Crippen molar-refractivity contribution in [3.8, 4) is 0 Å². The van der Waals surface area contributed by atoms with E-state index in [9.17, 15) is 14.0 Å². The molecule has 3 rings (SSSR count). The van der Waals surface area contributed by atoms with Gasteiger partial charge in [-0.3, -0.25) is 15.6 Å². The van der Waals surface area contributed by atoms with Gasteiger partial charge in [0.15, 0.2) is 11.6 Å². The van der Waals surface area contributed by atoms with Crippen molar-refractivity contribution in [3.05, 3.63) is 71.8 Å². The molecule has 2 aromatic carbocycles. The Labute approximate surface area is 165 Å². The van der Waals surface area contributed by atoms with Gasteiger partial charge in [-0.25, -0.2) is 19.2 Å². The van der Waals surface area contributed by atoms with Gasteiger partial charge in [-0.1, -0.05) is 24.3 Å². The Balaban J connectivity index is 1.78. The molecule has 0 aliphatic rings. The highest BCUT2D eigenvalue weighted by atomic mass is 19.1. The Bertz CT molecular complexity index is 1060. The molecule has 148 valence electrons. The second kappa shape index (κ2) is 8.65. The fourth-order valence-electron chi connectivity index (χ4n) is 2.43. The number of aromatic nitrogens is 2.